The summed E-state index contributed by atoms with van der Waals surface area (Å²) in [6.45, 7) is 3.19. The summed E-state index contributed by atoms with van der Waals surface area (Å²) in [5.41, 5.74) is 1.55. The molecule has 0 aliphatic heterocycles. The first-order valence-electron chi connectivity index (χ1n) is 7.58. The molecule has 138 valence electrons. The van der Waals surface area contributed by atoms with E-state index in [0.717, 1.165) is 5.56 Å². The highest BCUT2D eigenvalue weighted by atomic mass is 79.9. The van der Waals surface area contributed by atoms with Crippen LogP contribution in [-0.2, 0) is 14.8 Å². The van der Waals surface area contributed by atoms with Crippen molar-refractivity contribution in [2.75, 3.05) is 5.32 Å². The second-order valence-corrected chi connectivity index (χ2v) is 8.10. The third kappa shape index (κ3) is 5.13. The van der Waals surface area contributed by atoms with Crippen molar-refractivity contribution in [3.8, 4) is 0 Å². The Balaban J connectivity index is 2.23. The number of hydrogen-bond donors (Lipinski definition) is 3. The highest BCUT2D eigenvalue weighted by molar-refractivity contribution is 9.10. The van der Waals surface area contributed by atoms with E-state index < -0.39 is 15.9 Å². The van der Waals surface area contributed by atoms with Crippen molar-refractivity contribution in [2.24, 2.45) is 5.14 Å². The van der Waals surface area contributed by atoms with E-state index in [0.29, 0.717) is 10.2 Å². The van der Waals surface area contributed by atoms with Crippen molar-refractivity contribution < 1.29 is 18.0 Å². The number of primary sulfonamides is 1. The number of nitrogens with one attached hydrogen (secondary N) is 2. The Hall–Kier alpha value is -2.23. The standard InChI is InChI=1S/C17H18BrN3O4S/c1-10(12-4-3-5-13(8-12)21-11(2)22)20-17(23)15-9-14(26(19,24)25)6-7-16(15)18/h3-10H,1-2H3,(H,20,23)(H,21,22)(H2,19,24,25). The molecule has 2 rings (SSSR count). The van der Waals surface area contributed by atoms with Crippen molar-refractivity contribution in [3.63, 3.8) is 0 Å². The zero-order chi connectivity index (χ0) is 19.5. The number of carbonyl (C=O) groups is 2. The summed E-state index contributed by atoms with van der Waals surface area (Å²) in [7, 11) is -3.91. The molecular formula is C17H18BrN3O4S. The van der Waals surface area contributed by atoms with Crippen LogP contribution in [0.3, 0.4) is 0 Å². The van der Waals surface area contributed by atoms with Gasteiger partial charge in [-0.3, -0.25) is 9.59 Å². The van der Waals surface area contributed by atoms with Gasteiger partial charge in [-0.2, -0.15) is 0 Å². The van der Waals surface area contributed by atoms with E-state index in [-0.39, 0.29) is 22.4 Å². The number of anilines is 1. The zero-order valence-corrected chi connectivity index (χ0v) is 16.5. The molecule has 0 fully saturated rings. The van der Waals surface area contributed by atoms with Crippen LogP contribution < -0.4 is 15.8 Å². The van der Waals surface area contributed by atoms with E-state index in [4.69, 9.17) is 5.14 Å². The summed E-state index contributed by atoms with van der Waals surface area (Å²) in [5.74, 6) is -0.651. The SMILES string of the molecule is CC(=O)Nc1cccc(C(C)NC(=O)c2cc(S(N)(=O)=O)ccc2Br)c1. The molecule has 1 unspecified atom stereocenters. The third-order valence-corrected chi connectivity index (χ3v) is 5.17. The predicted molar refractivity (Wildman–Crippen MR) is 102 cm³/mol. The number of benzene rings is 2. The minimum Gasteiger partial charge on any atom is -0.345 e. The Bertz CT molecular complexity index is 960. The highest BCUT2D eigenvalue weighted by Crippen LogP contribution is 2.22. The van der Waals surface area contributed by atoms with E-state index >= 15 is 0 Å². The fraction of sp³-hybridized carbons (Fsp3) is 0.176. The Kier molecular flexibility index (Phi) is 6.17. The molecule has 26 heavy (non-hydrogen) atoms. The number of rotatable bonds is 5. The van der Waals surface area contributed by atoms with Crippen LogP contribution in [0.1, 0.15) is 35.8 Å². The number of halogens is 1. The van der Waals surface area contributed by atoms with Gasteiger partial charge in [0.25, 0.3) is 5.91 Å². The summed E-state index contributed by atoms with van der Waals surface area (Å²) >= 11 is 3.24. The van der Waals surface area contributed by atoms with Gasteiger partial charge in [-0.25, -0.2) is 13.6 Å². The first-order valence-corrected chi connectivity index (χ1v) is 9.92. The summed E-state index contributed by atoms with van der Waals surface area (Å²) in [4.78, 5) is 23.6. The van der Waals surface area contributed by atoms with Crippen molar-refractivity contribution in [1.29, 1.82) is 0 Å². The first-order chi connectivity index (χ1) is 12.1. The lowest BCUT2D eigenvalue weighted by molar-refractivity contribution is -0.114. The number of carbonyl (C=O) groups excluding carboxylic acids is 2. The Morgan fingerprint density at radius 3 is 2.46 bits per heavy atom. The minimum absolute atomic E-state index is 0.147. The number of amides is 2. The molecule has 4 N–H and O–H groups in total. The van der Waals surface area contributed by atoms with Gasteiger partial charge in [0.2, 0.25) is 15.9 Å². The molecule has 2 aromatic carbocycles. The normalized spacial score (nSPS) is 12.3. The van der Waals surface area contributed by atoms with Crippen LogP contribution in [0.4, 0.5) is 5.69 Å². The Labute approximate surface area is 160 Å². The van der Waals surface area contributed by atoms with E-state index in [2.05, 4.69) is 26.6 Å². The monoisotopic (exact) mass is 439 g/mol. The first kappa shape index (κ1) is 20.1. The van der Waals surface area contributed by atoms with Gasteiger partial charge in [-0.05, 0) is 58.7 Å². The van der Waals surface area contributed by atoms with Crippen LogP contribution in [0.25, 0.3) is 0 Å². The minimum atomic E-state index is -3.91. The molecule has 1 atom stereocenters. The van der Waals surface area contributed by atoms with Gasteiger partial charge in [-0.1, -0.05) is 12.1 Å². The Morgan fingerprint density at radius 2 is 1.85 bits per heavy atom. The van der Waals surface area contributed by atoms with Gasteiger partial charge < -0.3 is 10.6 Å². The molecule has 0 saturated heterocycles. The Morgan fingerprint density at radius 1 is 1.15 bits per heavy atom. The number of nitrogens with two attached hydrogens (primary N) is 1. The lowest BCUT2D eigenvalue weighted by Gasteiger charge is -2.16. The molecule has 0 bridgehead atoms. The van der Waals surface area contributed by atoms with Crippen molar-refractivity contribution >= 4 is 43.5 Å². The second-order valence-electron chi connectivity index (χ2n) is 5.69. The molecule has 0 aliphatic carbocycles. The van der Waals surface area contributed by atoms with Gasteiger partial charge in [-0.15, -0.1) is 0 Å². The third-order valence-electron chi connectivity index (χ3n) is 3.57. The average molecular weight is 440 g/mol. The molecule has 0 spiro atoms. The smallest absolute Gasteiger partial charge is 0.252 e. The lowest BCUT2D eigenvalue weighted by atomic mass is 10.1. The van der Waals surface area contributed by atoms with Crippen molar-refractivity contribution in [3.05, 3.63) is 58.1 Å². The molecule has 0 heterocycles. The topological polar surface area (TPSA) is 118 Å². The molecule has 2 aromatic rings. The number of hydrogen-bond acceptors (Lipinski definition) is 4. The van der Waals surface area contributed by atoms with Crippen LogP contribution in [-0.4, -0.2) is 20.2 Å². The fourth-order valence-corrected chi connectivity index (χ4v) is 3.27. The van der Waals surface area contributed by atoms with Crippen LogP contribution in [0.2, 0.25) is 0 Å². The lowest BCUT2D eigenvalue weighted by Crippen LogP contribution is -2.27. The maximum atomic E-state index is 12.5. The molecule has 9 heteroatoms. The van der Waals surface area contributed by atoms with Gasteiger partial charge in [0.1, 0.15) is 0 Å². The molecule has 0 aromatic heterocycles. The highest BCUT2D eigenvalue weighted by Gasteiger charge is 2.18. The average Bonchev–Trinajstić information content (AvgIpc) is 2.53. The largest absolute Gasteiger partial charge is 0.345 e. The summed E-state index contributed by atoms with van der Waals surface area (Å²) < 4.78 is 23.4. The van der Waals surface area contributed by atoms with Crippen molar-refractivity contribution in [2.45, 2.75) is 24.8 Å². The summed E-state index contributed by atoms with van der Waals surface area (Å²) in [6, 6.07) is 10.7. The van der Waals surface area contributed by atoms with Crippen molar-refractivity contribution in [1.82, 2.24) is 5.32 Å². The van der Waals surface area contributed by atoms with E-state index in [1.165, 1.54) is 25.1 Å². The quantitative estimate of drug-likeness (QED) is 0.662. The molecule has 7 nitrogen and oxygen atoms in total. The van der Waals surface area contributed by atoms with E-state index in [1.54, 1.807) is 25.1 Å². The van der Waals surface area contributed by atoms with E-state index in [9.17, 15) is 18.0 Å². The summed E-state index contributed by atoms with van der Waals surface area (Å²) in [6.07, 6.45) is 0. The van der Waals surface area contributed by atoms with Gasteiger partial charge >= 0.3 is 0 Å². The molecule has 2 amide bonds. The second kappa shape index (κ2) is 7.98. The van der Waals surface area contributed by atoms with Gasteiger partial charge in [0, 0.05) is 17.1 Å². The van der Waals surface area contributed by atoms with Crippen LogP contribution in [0.5, 0.6) is 0 Å². The van der Waals surface area contributed by atoms with Crippen LogP contribution in [0.15, 0.2) is 51.8 Å². The van der Waals surface area contributed by atoms with Crippen LogP contribution >= 0.6 is 15.9 Å². The van der Waals surface area contributed by atoms with E-state index in [1.807, 2.05) is 6.07 Å². The zero-order valence-electron chi connectivity index (χ0n) is 14.1. The molecule has 0 saturated carbocycles. The maximum Gasteiger partial charge on any atom is 0.252 e. The molecule has 0 aliphatic rings. The number of sulfonamides is 1. The van der Waals surface area contributed by atoms with Crippen LogP contribution in [0, 0.1) is 0 Å². The molecular weight excluding hydrogens is 422 g/mol. The van der Waals surface area contributed by atoms with Gasteiger partial charge in [0.05, 0.1) is 16.5 Å². The maximum absolute atomic E-state index is 12.5. The summed E-state index contributed by atoms with van der Waals surface area (Å²) in [5, 5.41) is 10.6. The predicted octanol–water partition coefficient (Wildman–Crippen LogP) is 2.55. The van der Waals surface area contributed by atoms with Gasteiger partial charge in [0.15, 0.2) is 0 Å². The molecule has 0 radical (unpaired) electrons. The fourth-order valence-electron chi connectivity index (χ4n) is 2.30.